The van der Waals surface area contributed by atoms with E-state index in [0.717, 1.165) is 38.0 Å². The van der Waals surface area contributed by atoms with Crippen molar-refractivity contribution in [2.75, 3.05) is 25.0 Å². The fraction of sp³-hybridized carbons (Fsp3) is 0.389. The Balaban J connectivity index is 1.51. The number of hydrogen-bond acceptors (Lipinski definition) is 5. The van der Waals surface area contributed by atoms with Gasteiger partial charge in [-0.25, -0.2) is 9.78 Å². The first kappa shape index (κ1) is 17.1. The third-order valence-electron chi connectivity index (χ3n) is 4.76. The lowest BCUT2D eigenvalue weighted by atomic mass is 10.1. The Morgan fingerprint density at radius 2 is 2.15 bits per heavy atom. The molecule has 7 nitrogen and oxygen atoms in total. The summed E-state index contributed by atoms with van der Waals surface area (Å²) in [5.41, 5.74) is 2.24. The number of rotatable bonds is 6. The maximum absolute atomic E-state index is 12.3. The van der Waals surface area contributed by atoms with Gasteiger partial charge in [-0.05, 0) is 49.5 Å². The van der Waals surface area contributed by atoms with E-state index >= 15 is 0 Å². The number of imidazole rings is 1. The van der Waals surface area contributed by atoms with E-state index < -0.39 is 0 Å². The smallest absolute Gasteiger partial charge is 0.327 e. The highest BCUT2D eigenvalue weighted by atomic mass is 35.5. The van der Waals surface area contributed by atoms with E-state index in [2.05, 4.69) is 25.6 Å². The van der Waals surface area contributed by atoms with Crippen LogP contribution in [0.5, 0.6) is 0 Å². The van der Waals surface area contributed by atoms with Crippen molar-refractivity contribution in [3.63, 3.8) is 0 Å². The molecule has 3 aromatic rings. The molecule has 8 heteroatoms. The van der Waals surface area contributed by atoms with Crippen molar-refractivity contribution in [3.05, 3.63) is 51.5 Å². The standard InChI is InChI=1S/C18H21ClN6O/c19-14-3-1-12(2-4-14)6-8-25-16-15(23-18(25)26)11-22-17(24-16)21-10-13-5-7-20-9-13/h1-4,11,13,20H,5-10H2,(H,23,26)(H,21,22,24)/t13-/m1/s1. The fourth-order valence-electron chi connectivity index (χ4n) is 3.25. The van der Waals surface area contributed by atoms with E-state index in [-0.39, 0.29) is 5.69 Å². The minimum absolute atomic E-state index is 0.166. The molecule has 0 saturated carbocycles. The summed E-state index contributed by atoms with van der Waals surface area (Å²) in [6, 6.07) is 7.66. The first-order valence-corrected chi connectivity index (χ1v) is 9.21. The van der Waals surface area contributed by atoms with Crippen LogP contribution in [-0.2, 0) is 13.0 Å². The molecular weight excluding hydrogens is 352 g/mol. The van der Waals surface area contributed by atoms with Gasteiger partial charge in [-0.1, -0.05) is 23.7 Å². The van der Waals surface area contributed by atoms with Gasteiger partial charge in [0.25, 0.3) is 0 Å². The maximum Gasteiger partial charge on any atom is 0.327 e. The highest BCUT2D eigenvalue weighted by Gasteiger charge is 2.15. The van der Waals surface area contributed by atoms with Crippen LogP contribution in [0.1, 0.15) is 12.0 Å². The maximum atomic E-state index is 12.3. The van der Waals surface area contributed by atoms with Crippen LogP contribution in [0, 0.1) is 5.92 Å². The van der Waals surface area contributed by atoms with Crippen molar-refractivity contribution >= 4 is 28.7 Å². The average Bonchev–Trinajstić information content (AvgIpc) is 3.27. The Kier molecular flexibility index (Phi) is 4.90. The summed E-state index contributed by atoms with van der Waals surface area (Å²) in [6.45, 7) is 3.46. The third kappa shape index (κ3) is 3.73. The summed E-state index contributed by atoms with van der Waals surface area (Å²) in [4.78, 5) is 24.0. The predicted molar refractivity (Wildman–Crippen MR) is 103 cm³/mol. The molecule has 1 atom stereocenters. The van der Waals surface area contributed by atoms with Crippen LogP contribution in [0.2, 0.25) is 5.02 Å². The fourth-order valence-corrected chi connectivity index (χ4v) is 3.38. The number of halogens is 1. The molecule has 0 spiro atoms. The number of anilines is 1. The summed E-state index contributed by atoms with van der Waals surface area (Å²) in [5.74, 6) is 1.15. The molecule has 1 aliphatic heterocycles. The molecule has 0 bridgehead atoms. The van der Waals surface area contributed by atoms with Crippen LogP contribution in [0.3, 0.4) is 0 Å². The summed E-state index contributed by atoms with van der Waals surface area (Å²) in [5, 5.41) is 7.34. The van der Waals surface area contributed by atoms with Gasteiger partial charge in [0.1, 0.15) is 5.52 Å². The zero-order valence-corrected chi connectivity index (χ0v) is 15.1. The van der Waals surface area contributed by atoms with E-state index in [1.54, 1.807) is 10.8 Å². The van der Waals surface area contributed by atoms with Crippen molar-refractivity contribution in [3.8, 4) is 0 Å². The lowest BCUT2D eigenvalue weighted by Gasteiger charge is -2.10. The predicted octanol–water partition coefficient (Wildman–Crippen LogP) is 2.04. The second-order valence-electron chi connectivity index (χ2n) is 6.63. The number of aromatic nitrogens is 4. The molecular formula is C18H21ClN6O. The Hall–Kier alpha value is -2.38. The van der Waals surface area contributed by atoms with E-state index in [1.807, 2.05) is 24.3 Å². The highest BCUT2D eigenvalue weighted by molar-refractivity contribution is 6.30. The highest BCUT2D eigenvalue weighted by Crippen LogP contribution is 2.14. The molecule has 0 radical (unpaired) electrons. The molecule has 136 valence electrons. The van der Waals surface area contributed by atoms with E-state index in [9.17, 15) is 4.79 Å². The SMILES string of the molecule is O=c1[nH]c2cnc(NC[C@@H]3CCNC3)nc2n1CCc1ccc(Cl)cc1. The Morgan fingerprint density at radius 3 is 2.92 bits per heavy atom. The normalized spacial score (nSPS) is 17.0. The molecule has 0 aliphatic carbocycles. The average molecular weight is 373 g/mol. The summed E-state index contributed by atoms with van der Waals surface area (Å²) in [7, 11) is 0. The Morgan fingerprint density at radius 1 is 1.31 bits per heavy atom. The van der Waals surface area contributed by atoms with Gasteiger partial charge >= 0.3 is 5.69 Å². The Bertz CT molecular complexity index is 942. The van der Waals surface area contributed by atoms with Crippen molar-refractivity contribution in [2.24, 2.45) is 5.92 Å². The van der Waals surface area contributed by atoms with E-state index in [4.69, 9.17) is 11.6 Å². The van der Waals surface area contributed by atoms with Crippen molar-refractivity contribution in [1.82, 2.24) is 24.8 Å². The summed E-state index contributed by atoms with van der Waals surface area (Å²) in [6.07, 6.45) is 3.55. The van der Waals surface area contributed by atoms with Crippen molar-refractivity contribution in [2.45, 2.75) is 19.4 Å². The van der Waals surface area contributed by atoms with Gasteiger partial charge in [0.2, 0.25) is 5.95 Å². The zero-order chi connectivity index (χ0) is 17.9. The van der Waals surface area contributed by atoms with Gasteiger partial charge in [-0.3, -0.25) is 4.57 Å². The molecule has 3 N–H and O–H groups in total. The molecule has 0 unspecified atom stereocenters. The number of nitrogens with zero attached hydrogens (tertiary/aromatic N) is 3. The number of aryl methyl sites for hydroxylation is 2. The van der Waals surface area contributed by atoms with E-state index in [1.165, 1.54) is 0 Å². The van der Waals surface area contributed by atoms with Crippen LogP contribution in [0.25, 0.3) is 11.2 Å². The van der Waals surface area contributed by atoms with Crippen LogP contribution in [0.15, 0.2) is 35.3 Å². The molecule has 1 aliphatic rings. The number of fused-ring (bicyclic) bond motifs is 1. The lowest BCUT2D eigenvalue weighted by Crippen LogP contribution is -2.19. The molecule has 1 aromatic carbocycles. The molecule has 4 rings (SSSR count). The van der Waals surface area contributed by atoms with Crippen LogP contribution in [0.4, 0.5) is 5.95 Å². The first-order valence-electron chi connectivity index (χ1n) is 8.83. The van der Waals surface area contributed by atoms with Crippen LogP contribution < -0.4 is 16.3 Å². The monoisotopic (exact) mass is 372 g/mol. The Labute approximate surface area is 155 Å². The van der Waals surface area contributed by atoms with Gasteiger partial charge in [0, 0.05) is 18.1 Å². The second kappa shape index (κ2) is 7.47. The molecule has 1 saturated heterocycles. The van der Waals surface area contributed by atoms with Gasteiger partial charge in [0.15, 0.2) is 5.65 Å². The topological polar surface area (TPSA) is 87.6 Å². The molecule has 2 aromatic heterocycles. The molecule has 26 heavy (non-hydrogen) atoms. The van der Waals surface area contributed by atoms with Gasteiger partial charge < -0.3 is 15.6 Å². The zero-order valence-electron chi connectivity index (χ0n) is 14.3. The molecule has 0 amide bonds. The lowest BCUT2D eigenvalue weighted by molar-refractivity contribution is 0.612. The minimum Gasteiger partial charge on any atom is -0.354 e. The van der Waals surface area contributed by atoms with Gasteiger partial charge in [-0.15, -0.1) is 0 Å². The van der Waals surface area contributed by atoms with Gasteiger partial charge in [-0.2, -0.15) is 4.98 Å². The number of nitrogens with one attached hydrogen (secondary N) is 3. The van der Waals surface area contributed by atoms with Crippen molar-refractivity contribution in [1.29, 1.82) is 0 Å². The number of hydrogen-bond donors (Lipinski definition) is 3. The number of benzene rings is 1. The third-order valence-corrected chi connectivity index (χ3v) is 5.01. The largest absolute Gasteiger partial charge is 0.354 e. The minimum atomic E-state index is -0.166. The van der Waals surface area contributed by atoms with Crippen LogP contribution in [-0.4, -0.2) is 39.2 Å². The summed E-state index contributed by atoms with van der Waals surface area (Å²) < 4.78 is 1.66. The number of H-pyrrole nitrogens is 1. The van der Waals surface area contributed by atoms with Crippen LogP contribution >= 0.6 is 11.6 Å². The second-order valence-corrected chi connectivity index (χ2v) is 7.07. The summed E-state index contributed by atoms with van der Waals surface area (Å²) >= 11 is 5.92. The first-order chi connectivity index (χ1) is 12.7. The quantitative estimate of drug-likeness (QED) is 0.616. The molecule has 1 fully saturated rings. The number of aromatic amines is 1. The van der Waals surface area contributed by atoms with Crippen molar-refractivity contribution < 1.29 is 0 Å². The van der Waals surface area contributed by atoms with E-state index in [0.29, 0.717) is 34.6 Å². The van der Waals surface area contributed by atoms with Gasteiger partial charge in [0.05, 0.1) is 6.20 Å². The molecule has 3 heterocycles.